The van der Waals surface area contributed by atoms with E-state index in [0.717, 1.165) is 42.9 Å². The van der Waals surface area contributed by atoms with E-state index in [4.69, 9.17) is 0 Å². The van der Waals surface area contributed by atoms with Crippen LogP contribution in [0.5, 0.6) is 0 Å². The normalized spacial score (nSPS) is 16.0. The Labute approximate surface area is 143 Å². The number of aromatic amines is 1. The first-order chi connectivity index (χ1) is 11.7. The number of rotatable bonds is 3. The zero-order chi connectivity index (χ0) is 16.5. The highest BCUT2D eigenvalue weighted by molar-refractivity contribution is 7.16. The SMILES string of the molecule is O=c1[nH]c2ccc(CN3CCN(c4ccccc4F)CC3)cc2s1. The van der Waals surface area contributed by atoms with E-state index in [2.05, 4.69) is 26.9 Å². The number of para-hydroxylation sites is 1. The summed E-state index contributed by atoms with van der Waals surface area (Å²) in [5, 5.41) is 0. The van der Waals surface area contributed by atoms with Gasteiger partial charge in [-0.05, 0) is 29.8 Å². The number of anilines is 1. The van der Waals surface area contributed by atoms with Gasteiger partial charge in [-0.2, -0.15) is 0 Å². The second-order valence-corrected chi connectivity index (χ2v) is 7.07. The number of hydrogen-bond acceptors (Lipinski definition) is 4. The van der Waals surface area contributed by atoms with Gasteiger partial charge in [0.2, 0.25) is 0 Å². The van der Waals surface area contributed by atoms with Crippen LogP contribution in [-0.2, 0) is 6.54 Å². The summed E-state index contributed by atoms with van der Waals surface area (Å²) in [6.07, 6.45) is 0. The topological polar surface area (TPSA) is 39.3 Å². The molecule has 0 amide bonds. The molecule has 0 bridgehead atoms. The number of fused-ring (bicyclic) bond motifs is 1. The lowest BCUT2D eigenvalue weighted by Crippen LogP contribution is -2.46. The van der Waals surface area contributed by atoms with Gasteiger partial charge in [0, 0.05) is 32.7 Å². The molecule has 1 aliphatic heterocycles. The number of nitrogens with zero attached hydrogens (tertiary/aromatic N) is 2. The zero-order valence-electron chi connectivity index (χ0n) is 13.2. The highest BCUT2D eigenvalue weighted by Crippen LogP contribution is 2.22. The fourth-order valence-electron chi connectivity index (χ4n) is 3.20. The van der Waals surface area contributed by atoms with E-state index in [0.29, 0.717) is 5.69 Å². The standard InChI is InChI=1S/C18H18FN3OS/c19-14-3-1-2-4-16(14)22-9-7-21(8-10-22)12-13-5-6-15-17(11-13)24-18(23)20-15/h1-6,11H,7-10,12H2,(H,20,23). The summed E-state index contributed by atoms with van der Waals surface area (Å²) >= 11 is 1.25. The lowest BCUT2D eigenvalue weighted by molar-refractivity contribution is 0.249. The van der Waals surface area contributed by atoms with Crippen LogP contribution in [-0.4, -0.2) is 36.1 Å². The van der Waals surface area contributed by atoms with Crippen LogP contribution >= 0.6 is 11.3 Å². The first-order valence-corrected chi connectivity index (χ1v) is 8.84. The number of benzene rings is 2. The Morgan fingerprint density at radius 2 is 1.88 bits per heavy atom. The predicted octanol–water partition coefficient (Wildman–Crippen LogP) is 3.05. The molecule has 0 saturated carbocycles. The maximum Gasteiger partial charge on any atom is 0.305 e. The maximum atomic E-state index is 13.9. The molecular weight excluding hydrogens is 325 g/mol. The van der Waals surface area contributed by atoms with E-state index in [9.17, 15) is 9.18 Å². The number of aromatic nitrogens is 1. The monoisotopic (exact) mass is 343 g/mol. The summed E-state index contributed by atoms with van der Waals surface area (Å²) in [6, 6.07) is 13.1. The van der Waals surface area contributed by atoms with Gasteiger partial charge in [-0.1, -0.05) is 29.5 Å². The third-order valence-corrected chi connectivity index (χ3v) is 5.30. The minimum Gasteiger partial charge on any atom is -0.367 e. The Morgan fingerprint density at radius 1 is 1.08 bits per heavy atom. The van der Waals surface area contributed by atoms with E-state index < -0.39 is 0 Å². The summed E-state index contributed by atoms with van der Waals surface area (Å²) in [7, 11) is 0. The van der Waals surface area contributed by atoms with Gasteiger partial charge < -0.3 is 9.88 Å². The van der Waals surface area contributed by atoms with Crippen LogP contribution in [0, 0.1) is 5.82 Å². The van der Waals surface area contributed by atoms with E-state index in [-0.39, 0.29) is 10.7 Å². The van der Waals surface area contributed by atoms with Crippen molar-refractivity contribution in [1.82, 2.24) is 9.88 Å². The first kappa shape index (κ1) is 15.4. The number of halogens is 1. The number of thiazole rings is 1. The Balaban J connectivity index is 1.42. The molecule has 4 rings (SSSR count). The zero-order valence-corrected chi connectivity index (χ0v) is 14.0. The molecule has 0 unspecified atom stereocenters. The van der Waals surface area contributed by atoms with Crippen LogP contribution in [0.1, 0.15) is 5.56 Å². The van der Waals surface area contributed by atoms with Crippen LogP contribution in [0.2, 0.25) is 0 Å². The van der Waals surface area contributed by atoms with Gasteiger partial charge in [0.15, 0.2) is 0 Å². The number of piperazine rings is 1. The van der Waals surface area contributed by atoms with Gasteiger partial charge in [-0.15, -0.1) is 0 Å². The molecule has 2 aromatic carbocycles. The first-order valence-electron chi connectivity index (χ1n) is 8.03. The molecule has 1 saturated heterocycles. The molecule has 1 N–H and O–H groups in total. The molecule has 1 fully saturated rings. The van der Waals surface area contributed by atoms with Gasteiger partial charge in [0.05, 0.1) is 15.9 Å². The lowest BCUT2D eigenvalue weighted by atomic mass is 10.1. The Hall–Kier alpha value is -2.18. The molecular formula is C18H18FN3OS. The molecule has 1 aliphatic rings. The van der Waals surface area contributed by atoms with Crippen molar-refractivity contribution in [2.45, 2.75) is 6.54 Å². The highest BCUT2D eigenvalue weighted by Gasteiger charge is 2.19. The summed E-state index contributed by atoms with van der Waals surface area (Å²) < 4.78 is 14.9. The predicted molar refractivity (Wildman–Crippen MR) is 96.3 cm³/mol. The third-order valence-electron chi connectivity index (χ3n) is 4.46. The third kappa shape index (κ3) is 3.07. The minimum absolute atomic E-state index is 0.0133. The van der Waals surface area contributed by atoms with Crippen molar-refractivity contribution in [2.24, 2.45) is 0 Å². The fourth-order valence-corrected chi connectivity index (χ4v) is 4.00. The van der Waals surface area contributed by atoms with Gasteiger partial charge in [0.1, 0.15) is 5.82 Å². The van der Waals surface area contributed by atoms with Crippen LogP contribution < -0.4 is 9.77 Å². The molecule has 0 radical (unpaired) electrons. The van der Waals surface area contributed by atoms with Crippen LogP contribution in [0.15, 0.2) is 47.3 Å². The minimum atomic E-state index is -0.154. The molecule has 124 valence electrons. The smallest absolute Gasteiger partial charge is 0.305 e. The Kier molecular flexibility index (Phi) is 4.08. The molecule has 0 spiro atoms. The highest BCUT2D eigenvalue weighted by atomic mass is 32.1. The van der Waals surface area contributed by atoms with Crippen molar-refractivity contribution in [3.63, 3.8) is 0 Å². The average Bonchev–Trinajstić information content (AvgIpc) is 2.95. The van der Waals surface area contributed by atoms with E-state index in [1.54, 1.807) is 6.07 Å². The fraction of sp³-hybridized carbons (Fsp3) is 0.278. The van der Waals surface area contributed by atoms with E-state index in [1.807, 2.05) is 18.2 Å². The van der Waals surface area contributed by atoms with Crippen LogP contribution in [0.25, 0.3) is 10.2 Å². The second kappa shape index (κ2) is 6.37. The largest absolute Gasteiger partial charge is 0.367 e. The number of nitrogens with one attached hydrogen (secondary N) is 1. The van der Waals surface area contributed by atoms with Gasteiger partial charge in [-0.3, -0.25) is 9.69 Å². The second-order valence-electron chi connectivity index (χ2n) is 6.06. The van der Waals surface area contributed by atoms with E-state index >= 15 is 0 Å². The van der Waals surface area contributed by atoms with Crippen molar-refractivity contribution in [1.29, 1.82) is 0 Å². The van der Waals surface area contributed by atoms with Crippen molar-refractivity contribution in [3.8, 4) is 0 Å². The summed E-state index contributed by atoms with van der Waals surface area (Å²) in [5.74, 6) is -0.154. The Morgan fingerprint density at radius 3 is 2.67 bits per heavy atom. The summed E-state index contributed by atoms with van der Waals surface area (Å²) in [6.45, 7) is 4.29. The van der Waals surface area contributed by atoms with E-state index in [1.165, 1.54) is 23.0 Å². The van der Waals surface area contributed by atoms with Crippen molar-refractivity contribution in [3.05, 3.63) is 63.5 Å². The number of H-pyrrole nitrogens is 1. The van der Waals surface area contributed by atoms with Gasteiger partial charge >= 0.3 is 4.87 Å². The van der Waals surface area contributed by atoms with Gasteiger partial charge in [-0.25, -0.2) is 4.39 Å². The quantitative estimate of drug-likeness (QED) is 0.794. The molecule has 4 nitrogen and oxygen atoms in total. The van der Waals surface area contributed by atoms with Crippen molar-refractivity contribution >= 4 is 27.2 Å². The van der Waals surface area contributed by atoms with Crippen molar-refractivity contribution < 1.29 is 4.39 Å². The molecule has 24 heavy (non-hydrogen) atoms. The molecule has 0 atom stereocenters. The summed E-state index contributed by atoms with van der Waals surface area (Å²) in [4.78, 5) is 18.7. The molecule has 3 aromatic rings. The number of hydrogen-bond donors (Lipinski definition) is 1. The van der Waals surface area contributed by atoms with Crippen LogP contribution in [0.4, 0.5) is 10.1 Å². The van der Waals surface area contributed by atoms with Crippen molar-refractivity contribution in [2.75, 3.05) is 31.1 Å². The summed E-state index contributed by atoms with van der Waals surface area (Å²) in [5.41, 5.74) is 2.80. The molecule has 6 heteroatoms. The maximum absolute atomic E-state index is 13.9. The average molecular weight is 343 g/mol. The molecule has 0 aliphatic carbocycles. The lowest BCUT2D eigenvalue weighted by Gasteiger charge is -2.36. The Bertz CT molecular complexity index is 912. The van der Waals surface area contributed by atoms with Gasteiger partial charge in [0.25, 0.3) is 0 Å². The van der Waals surface area contributed by atoms with Crippen LogP contribution in [0.3, 0.4) is 0 Å². The molecule has 2 heterocycles. The molecule has 1 aromatic heterocycles.